The molecule has 0 spiro atoms. The predicted octanol–water partition coefficient (Wildman–Crippen LogP) is 3.47. The third kappa shape index (κ3) is 3.71. The van der Waals surface area contributed by atoms with E-state index in [1.54, 1.807) is 24.5 Å². The van der Waals surface area contributed by atoms with Crippen molar-refractivity contribution in [2.45, 2.75) is 6.61 Å². The second kappa shape index (κ2) is 8.07. The smallest absolute Gasteiger partial charge is 0.357 e. The van der Waals surface area contributed by atoms with Crippen molar-refractivity contribution in [1.82, 2.24) is 30.0 Å². The van der Waals surface area contributed by atoms with E-state index in [-0.39, 0.29) is 12.3 Å². The highest BCUT2D eigenvalue weighted by atomic mass is 16.5. The molecule has 0 aliphatic heterocycles. The Morgan fingerprint density at radius 2 is 1.61 bits per heavy atom. The van der Waals surface area contributed by atoms with Gasteiger partial charge >= 0.3 is 5.97 Å². The standard InChI is InChI=1S/C22H16N6O3/c29-22(31-15-21-23-25-26-28(21)17-10-5-2-6-11-17)19-14-18(20-12-7-13-30-20)24-27(19)16-8-3-1-4-9-16/h1-14H,15H2. The number of benzene rings is 2. The number of esters is 1. The van der Waals surface area contributed by atoms with Gasteiger partial charge in [-0.3, -0.25) is 0 Å². The van der Waals surface area contributed by atoms with Crippen molar-refractivity contribution in [2.75, 3.05) is 0 Å². The molecule has 5 rings (SSSR count). The molecule has 9 nitrogen and oxygen atoms in total. The Bertz CT molecular complexity index is 1290. The molecule has 5 aromatic rings. The van der Waals surface area contributed by atoms with Gasteiger partial charge in [0.05, 0.1) is 17.6 Å². The molecule has 0 radical (unpaired) electrons. The minimum absolute atomic E-state index is 0.100. The van der Waals surface area contributed by atoms with Gasteiger partial charge in [-0.2, -0.15) is 9.78 Å². The third-order valence-corrected chi connectivity index (χ3v) is 4.56. The molecule has 0 bridgehead atoms. The fourth-order valence-electron chi connectivity index (χ4n) is 3.11. The Morgan fingerprint density at radius 1 is 0.903 bits per heavy atom. The lowest BCUT2D eigenvalue weighted by Gasteiger charge is -2.08. The minimum Gasteiger partial charge on any atom is -0.463 e. The molecule has 0 saturated heterocycles. The Labute approximate surface area is 176 Å². The Balaban J connectivity index is 1.43. The summed E-state index contributed by atoms with van der Waals surface area (Å²) in [6.07, 6.45) is 1.55. The predicted molar refractivity (Wildman–Crippen MR) is 110 cm³/mol. The zero-order valence-electron chi connectivity index (χ0n) is 16.2. The van der Waals surface area contributed by atoms with E-state index in [1.165, 1.54) is 9.36 Å². The summed E-state index contributed by atoms with van der Waals surface area (Å²) in [6, 6.07) is 23.9. The summed E-state index contributed by atoms with van der Waals surface area (Å²) < 4.78 is 14.0. The molecule has 3 heterocycles. The first-order valence-electron chi connectivity index (χ1n) is 9.49. The molecule has 0 aliphatic carbocycles. The van der Waals surface area contributed by atoms with Gasteiger partial charge < -0.3 is 9.15 Å². The van der Waals surface area contributed by atoms with E-state index in [1.807, 2.05) is 60.7 Å². The first kappa shape index (κ1) is 18.5. The molecule has 0 unspecified atom stereocenters. The lowest BCUT2D eigenvalue weighted by molar-refractivity contribution is 0.0448. The molecule has 2 aromatic carbocycles. The van der Waals surface area contributed by atoms with Gasteiger partial charge in [0.25, 0.3) is 0 Å². The Kier molecular flexibility index (Phi) is 4.82. The number of carbonyl (C=O) groups excluding carboxylic acids is 1. The van der Waals surface area contributed by atoms with Crippen LogP contribution in [0.2, 0.25) is 0 Å². The van der Waals surface area contributed by atoms with Crippen LogP contribution in [0.4, 0.5) is 0 Å². The van der Waals surface area contributed by atoms with Crippen LogP contribution in [0, 0.1) is 0 Å². The van der Waals surface area contributed by atoms with Gasteiger partial charge in [-0.15, -0.1) is 5.10 Å². The van der Waals surface area contributed by atoms with Crippen LogP contribution < -0.4 is 0 Å². The van der Waals surface area contributed by atoms with Crippen molar-refractivity contribution < 1.29 is 13.9 Å². The highest BCUT2D eigenvalue weighted by Gasteiger charge is 2.21. The first-order valence-corrected chi connectivity index (χ1v) is 9.49. The van der Waals surface area contributed by atoms with Gasteiger partial charge in [0.15, 0.2) is 23.9 Å². The average Bonchev–Trinajstić information content (AvgIpc) is 3.59. The monoisotopic (exact) mass is 412 g/mol. The van der Waals surface area contributed by atoms with Crippen LogP contribution in [-0.2, 0) is 11.3 Å². The van der Waals surface area contributed by atoms with Gasteiger partial charge in [-0.05, 0) is 46.8 Å². The van der Waals surface area contributed by atoms with Crippen LogP contribution in [0.15, 0.2) is 89.5 Å². The third-order valence-electron chi connectivity index (χ3n) is 4.56. The van der Waals surface area contributed by atoms with Crippen LogP contribution >= 0.6 is 0 Å². The van der Waals surface area contributed by atoms with Crippen LogP contribution in [0.3, 0.4) is 0 Å². The van der Waals surface area contributed by atoms with E-state index >= 15 is 0 Å². The summed E-state index contributed by atoms with van der Waals surface area (Å²) in [7, 11) is 0. The summed E-state index contributed by atoms with van der Waals surface area (Å²) in [5, 5.41) is 16.2. The fourth-order valence-corrected chi connectivity index (χ4v) is 3.11. The lowest BCUT2D eigenvalue weighted by atomic mass is 10.3. The maximum Gasteiger partial charge on any atom is 0.357 e. The number of rotatable bonds is 6. The minimum atomic E-state index is -0.559. The fraction of sp³-hybridized carbons (Fsp3) is 0.0455. The molecule has 0 atom stereocenters. The van der Waals surface area contributed by atoms with Crippen LogP contribution in [0.25, 0.3) is 22.8 Å². The number of ether oxygens (including phenoxy) is 1. The summed E-state index contributed by atoms with van der Waals surface area (Å²) >= 11 is 0. The van der Waals surface area contributed by atoms with Crippen molar-refractivity contribution >= 4 is 5.97 Å². The number of para-hydroxylation sites is 2. The number of carbonyl (C=O) groups is 1. The largest absolute Gasteiger partial charge is 0.463 e. The van der Waals surface area contributed by atoms with E-state index in [4.69, 9.17) is 9.15 Å². The van der Waals surface area contributed by atoms with E-state index in [9.17, 15) is 4.79 Å². The van der Waals surface area contributed by atoms with Crippen LogP contribution in [0.1, 0.15) is 16.3 Å². The van der Waals surface area contributed by atoms with Crippen molar-refractivity contribution in [1.29, 1.82) is 0 Å². The maximum absolute atomic E-state index is 13.0. The van der Waals surface area contributed by atoms with Crippen molar-refractivity contribution in [3.05, 3.63) is 96.6 Å². The van der Waals surface area contributed by atoms with E-state index in [0.29, 0.717) is 17.3 Å². The zero-order chi connectivity index (χ0) is 21.0. The first-order chi connectivity index (χ1) is 15.3. The van der Waals surface area contributed by atoms with Crippen molar-refractivity contribution in [3.8, 4) is 22.8 Å². The van der Waals surface area contributed by atoms with E-state index in [2.05, 4.69) is 20.6 Å². The number of aromatic nitrogens is 6. The molecular formula is C22H16N6O3. The topological polar surface area (TPSA) is 101 Å². The second-order valence-corrected chi connectivity index (χ2v) is 6.56. The number of tetrazole rings is 1. The number of furan rings is 1. The molecule has 0 saturated carbocycles. The zero-order valence-corrected chi connectivity index (χ0v) is 16.2. The molecular weight excluding hydrogens is 396 g/mol. The average molecular weight is 412 g/mol. The number of nitrogens with zero attached hydrogens (tertiary/aromatic N) is 6. The van der Waals surface area contributed by atoms with E-state index in [0.717, 1.165) is 11.4 Å². The maximum atomic E-state index is 13.0. The molecule has 0 amide bonds. The van der Waals surface area contributed by atoms with Crippen LogP contribution in [0.5, 0.6) is 0 Å². The molecule has 9 heteroatoms. The summed E-state index contributed by atoms with van der Waals surface area (Å²) in [6.45, 7) is -0.100. The summed E-state index contributed by atoms with van der Waals surface area (Å²) in [5.41, 5.74) is 2.28. The highest BCUT2D eigenvalue weighted by molar-refractivity contribution is 5.89. The lowest BCUT2D eigenvalue weighted by Crippen LogP contribution is -2.14. The van der Waals surface area contributed by atoms with Crippen LogP contribution in [-0.4, -0.2) is 36.0 Å². The van der Waals surface area contributed by atoms with Gasteiger partial charge in [0.1, 0.15) is 5.69 Å². The Morgan fingerprint density at radius 3 is 2.29 bits per heavy atom. The molecule has 152 valence electrons. The van der Waals surface area contributed by atoms with Gasteiger partial charge in [0, 0.05) is 6.07 Å². The van der Waals surface area contributed by atoms with Gasteiger partial charge in [-0.25, -0.2) is 9.48 Å². The molecule has 3 aromatic heterocycles. The SMILES string of the molecule is O=C(OCc1nnnn1-c1ccccc1)c1cc(-c2ccco2)nn1-c1ccccc1. The number of hydrogen-bond donors (Lipinski definition) is 0. The Hall–Kier alpha value is -4.53. The van der Waals surface area contributed by atoms with Crippen molar-refractivity contribution in [2.24, 2.45) is 0 Å². The normalized spacial score (nSPS) is 10.8. The molecule has 0 aliphatic rings. The molecule has 31 heavy (non-hydrogen) atoms. The van der Waals surface area contributed by atoms with Gasteiger partial charge in [0.2, 0.25) is 0 Å². The summed E-state index contributed by atoms with van der Waals surface area (Å²) in [4.78, 5) is 13.0. The van der Waals surface area contributed by atoms with Crippen molar-refractivity contribution in [3.63, 3.8) is 0 Å². The number of hydrogen-bond acceptors (Lipinski definition) is 7. The molecule has 0 N–H and O–H groups in total. The quantitative estimate of drug-likeness (QED) is 0.394. The summed E-state index contributed by atoms with van der Waals surface area (Å²) in [5.74, 6) is 0.394. The molecule has 0 fully saturated rings. The van der Waals surface area contributed by atoms with Gasteiger partial charge in [-0.1, -0.05) is 36.4 Å². The van der Waals surface area contributed by atoms with E-state index < -0.39 is 5.97 Å². The second-order valence-electron chi connectivity index (χ2n) is 6.56. The highest BCUT2D eigenvalue weighted by Crippen LogP contribution is 2.23.